The molecule has 0 spiro atoms. The maximum Gasteiger partial charge on any atom is 0.164 e. The molecule has 4 aliphatic rings. The van der Waals surface area contributed by atoms with Gasteiger partial charge in [-0.1, -0.05) is 65.0 Å². The summed E-state index contributed by atoms with van der Waals surface area (Å²) in [4.78, 5) is 12.8. The Morgan fingerprint density at radius 3 is 2.45 bits per heavy atom. The van der Waals surface area contributed by atoms with Gasteiger partial charge in [0.15, 0.2) is 5.78 Å². The third-order valence-electron chi connectivity index (χ3n) is 9.86. The van der Waals surface area contributed by atoms with E-state index in [1.54, 1.807) is 0 Å². The summed E-state index contributed by atoms with van der Waals surface area (Å²) in [5, 5.41) is 20.8. The van der Waals surface area contributed by atoms with Crippen LogP contribution in [-0.2, 0) is 4.79 Å². The molecule has 0 unspecified atom stereocenters. The molecule has 0 heterocycles. The van der Waals surface area contributed by atoms with Gasteiger partial charge in [0.05, 0.1) is 12.2 Å². The molecular formula is C30H44O3. The Balaban J connectivity index is 1.53. The fourth-order valence-electron chi connectivity index (χ4n) is 7.49. The molecule has 2 N–H and O–H groups in total. The van der Waals surface area contributed by atoms with E-state index in [0.717, 1.165) is 36.0 Å². The SMILES string of the molecule is C=C1/C(=C\C=C2/CCC[C@]3(C)[C@@H]([C@H](C)/C=C4\CCC(C)(C)C4=O)CC[C@@H]23)C[C@H](O)[C@H](C)[C@@H]1O. The molecule has 0 amide bonds. The van der Waals surface area contributed by atoms with Gasteiger partial charge in [-0.3, -0.25) is 4.79 Å². The van der Waals surface area contributed by atoms with Gasteiger partial charge in [-0.15, -0.1) is 0 Å². The fraction of sp³-hybridized carbons (Fsp3) is 0.700. The van der Waals surface area contributed by atoms with Crippen LogP contribution >= 0.6 is 0 Å². The van der Waals surface area contributed by atoms with Crippen molar-refractivity contribution in [3.63, 3.8) is 0 Å². The van der Waals surface area contributed by atoms with Gasteiger partial charge >= 0.3 is 0 Å². The molecule has 4 rings (SSSR count). The predicted octanol–water partition coefficient (Wildman–Crippen LogP) is 6.33. The van der Waals surface area contributed by atoms with E-state index in [2.05, 4.69) is 52.5 Å². The Morgan fingerprint density at radius 1 is 1.06 bits per heavy atom. The van der Waals surface area contributed by atoms with Gasteiger partial charge in [0.2, 0.25) is 0 Å². The van der Waals surface area contributed by atoms with E-state index in [0.29, 0.717) is 30.0 Å². The van der Waals surface area contributed by atoms with E-state index < -0.39 is 12.2 Å². The number of fused-ring (bicyclic) bond motifs is 1. The summed E-state index contributed by atoms with van der Waals surface area (Å²) in [6, 6.07) is 0. The lowest BCUT2D eigenvalue weighted by atomic mass is 9.61. The number of Topliss-reactive ketones (excluding diaryl/α,β-unsaturated/α-hetero) is 1. The largest absolute Gasteiger partial charge is 0.392 e. The number of rotatable bonds is 3. The summed E-state index contributed by atoms with van der Waals surface area (Å²) in [5.74, 6) is 1.81. The Bertz CT molecular complexity index is 904. The predicted molar refractivity (Wildman–Crippen MR) is 135 cm³/mol. The maximum absolute atomic E-state index is 12.8. The topological polar surface area (TPSA) is 57.5 Å². The molecule has 0 radical (unpaired) electrons. The third-order valence-corrected chi connectivity index (χ3v) is 9.86. The smallest absolute Gasteiger partial charge is 0.164 e. The van der Waals surface area contributed by atoms with Crippen LogP contribution in [0.15, 0.2) is 47.1 Å². The Morgan fingerprint density at radius 2 is 1.79 bits per heavy atom. The second-order valence-corrected chi connectivity index (χ2v) is 12.4. The lowest BCUT2D eigenvalue weighted by Crippen LogP contribution is -2.36. The minimum absolute atomic E-state index is 0.163. The van der Waals surface area contributed by atoms with Crippen molar-refractivity contribution in [1.82, 2.24) is 0 Å². The zero-order valence-electron chi connectivity index (χ0n) is 21.4. The molecule has 3 heteroatoms. The number of hydrogen-bond donors (Lipinski definition) is 2. The van der Waals surface area contributed by atoms with Gasteiger partial charge < -0.3 is 10.2 Å². The highest BCUT2D eigenvalue weighted by atomic mass is 16.3. The van der Waals surface area contributed by atoms with Crippen molar-refractivity contribution in [2.45, 2.75) is 98.2 Å². The molecule has 0 aromatic carbocycles. The van der Waals surface area contributed by atoms with E-state index in [9.17, 15) is 15.0 Å². The molecule has 4 saturated carbocycles. The van der Waals surface area contributed by atoms with Crippen LogP contribution in [0.3, 0.4) is 0 Å². The van der Waals surface area contributed by atoms with Crippen LogP contribution in [0, 0.1) is 34.5 Å². The Labute approximate surface area is 200 Å². The Kier molecular flexibility index (Phi) is 6.70. The number of carbonyl (C=O) groups is 1. The average Bonchev–Trinajstić information content (AvgIpc) is 3.25. The zero-order valence-corrected chi connectivity index (χ0v) is 21.4. The molecule has 3 nitrogen and oxygen atoms in total. The first kappa shape index (κ1) is 24.7. The fourth-order valence-corrected chi connectivity index (χ4v) is 7.49. The van der Waals surface area contributed by atoms with Crippen LogP contribution in [0.5, 0.6) is 0 Å². The molecule has 7 atom stereocenters. The molecule has 0 aromatic rings. The van der Waals surface area contributed by atoms with Crippen molar-refractivity contribution in [2.75, 3.05) is 0 Å². The van der Waals surface area contributed by atoms with Gasteiger partial charge in [0, 0.05) is 11.3 Å². The summed E-state index contributed by atoms with van der Waals surface area (Å²) in [6.45, 7) is 15.0. The lowest BCUT2D eigenvalue weighted by Gasteiger charge is -2.44. The van der Waals surface area contributed by atoms with Crippen molar-refractivity contribution in [2.24, 2.45) is 34.5 Å². The van der Waals surface area contributed by atoms with E-state index in [1.807, 2.05) is 6.92 Å². The van der Waals surface area contributed by atoms with Crippen LogP contribution in [0.25, 0.3) is 0 Å². The first-order chi connectivity index (χ1) is 15.5. The van der Waals surface area contributed by atoms with Gasteiger partial charge in [-0.2, -0.15) is 0 Å². The monoisotopic (exact) mass is 452 g/mol. The van der Waals surface area contributed by atoms with Gasteiger partial charge in [-0.25, -0.2) is 0 Å². The van der Waals surface area contributed by atoms with Crippen molar-refractivity contribution >= 4 is 5.78 Å². The molecule has 4 fully saturated rings. The van der Waals surface area contributed by atoms with Crippen LogP contribution in [-0.4, -0.2) is 28.2 Å². The van der Waals surface area contributed by atoms with E-state index in [-0.39, 0.29) is 16.7 Å². The second-order valence-electron chi connectivity index (χ2n) is 12.4. The van der Waals surface area contributed by atoms with Crippen molar-refractivity contribution < 1.29 is 15.0 Å². The minimum Gasteiger partial charge on any atom is -0.392 e. The van der Waals surface area contributed by atoms with Gasteiger partial charge in [-0.05, 0) is 91.3 Å². The van der Waals surface area contributed by atoms with Crippen molar-refractivity contribution in [1.29, 1.82) is 0 Å². The quantitative estimate of drug-likeness (QED) is 0.492. The molecular weight excluding hydrogens is 408 g/mol. The van der Waals surface area contributed by atoms with E-state index in [1.165, 1.54) is 31.3 Å². The molecule has 0 bridgehead atoms. The Hall–Kier alpha value is -1.45. The molecule has 33 heavy (non-hydrogen) atoms. The average molecular weight is 453 g/mol. The van der Waals surface area contributed by atoms with E-state index >= 15 is 0 Å². The van der Waals surface area contributed by atoms with Crippen LogP contribution in [0.4, 0.5) is 0 Å². The first-order valence-electron chi connectivity index (χ1n) is 13.2. The maximum atomic E-state index is 12.8. The summed E-state index contributed by atoms with van der Waals surface area (Å²) >= 11 is 0. The summed E-state index contributed by atoms with van der Waals surface area (Å²) in [6.07, 6.45) is 14.1. The summed E-state index contributed by atoms with van der Waals surface area (Å²) in [7, 11) is 0. The molecule has 0 saturated heterocycles. The van der Waals surface area contributed by atoms with E-state index in [4.69, 9.17) is 0 Å². The highest BCUT2D eigenvalue weighted by Gasteiger charge is 2.50. The highest BCUT2D eigenvalue weighted by Crippen LogP contribution is 2.60. The van der Waals surface area contributed by atoms with Crippen LogP contribution in [0.1, 0.15) is 86.0 Å². The van der Waals surface area contributed by atoms with Crippen LogP contribution in [0.2, 0.25) is 0 Å². The molecule has 0 aliphatic heterocycles. The van der Waals surface area contributed by atoms with Gasteiger partial charge in [0.1, 0.15) is 0 Å². The number of allylic oxidation sites excluding steroid dienone is 5. The molecule has 4 aliphatic carbocycles. The third kappa shape index (κ3) is 4.36. The second kappa shape index (κ2) is 8.96. The summed E-state index contributed by atoms with van der Waals surface area (Å²) in [5.41, 5.74) is 4.42. The summed E-state index contributed by atoms with van der Waals surface area (Å²) < 4.78 is 0. The van der Waals surface area contributed by atoms with Crippen molar-refractivity contribution in [3.8, 4) is 0 Å². The molecule has 0 aromatic heterocycles. The highest BCUT2D eigenvalue weighted by molar-refractivity contribution is 6.01. The van der Waals surface area contributed by atoms with Gasteiger partial charge in [0.25, 0.3) is 0 Å². The number of aliphatic hydroxyl groups excluding tert-OH is 2. The first-order valence-corrected chi connectivity index (χ1v) is 13.2. The minimum atomic E-state index is -0.664. The number of carbonyl (C=O) groups excluding carboxylic acids is 1. The number of ketones is 1. The van der Waals surface area contributed by atoms with Crippen LogP contribution < -0.4 is 0 Å². The zero-order chi connectivity index (χ0) is 24.1. The normalized spacial score (nSPS) is 43.5. The molecule has 182 valence electrons. The number of hydrogen-bond acceptors (Lipinski definition) is 3. The number of aliphatic hydroxyl groups is 2. The lowest BCUT2D eigenvalue weighted by molar-refractivity contribution is -0.121. The van der Waals surface area contributed by atoms with Crippen molar-refractivity contribution in [3.05, 3.63) is 47.1 Å². The standard InChI is InChI=1S/C30H44O3/c1-18(16-23-13-15-29(4,5)28(23)33)24-11-12-25-21(8-7-14-30(24,25)6)9-10-22-17-26(31)20(3)27(32)19(22)2/h9-10,16,18,20,24-27,31-32H,2,7-8,11-15,17H2,1,3-6H3/b21-9+,22-10-,23-16+/t18-,20+,24-,25+,26+,27-,30-/m1/s1.